The molecule has 0 saturated heterocycles. The SMILES string of the molecule is Cc1ccc(CCCc2nc3cc(CN)ccc3o2)cc1. The maximum atomic E-state index is 5.77. The Kier molecular flexibility index (Phi) is 4.02. The molecule has 3 nitrogen and oxygen atoms in total. The highest BCUT2D eigenvalue weighted by atomic mass is 16.3. The molecule has 0 aliphatic carbocycles. The van der Waals surface area contributed by atoms with Gasteiger partial charge in [-0.3, -0.25) is 0 Å². The van der Waals surface area contributed by atoms with Crippen LogP contribution < -0.4 is 5.73 Å². The van der Waals surface area contributed by atoms with Gasteiger partial charge in [0, 0.05) is 13.0 Å². The minimum atomic E-state index is 0.533. The Hall–Kier alpha value is -2.13. The van der Waals surface area contributed by atoms with Gasteiger partial charge in [0.05, 0.1) is 0 Å². The molecule has 0 unspecified atom stereocenters. The van der Waals surface area contributed by atoms with Crippen LogP contribution in [0.3, 0.4) is 0 Å². The third kappa shape index (κ3) is 3.31. The number of nitrogens with two attached hydrogens (primary N) is 1. The molecule has 0 saturated carbocycles. The molecule has 0 amide bonds. The van der Waals surface area contributed by atoms with Gasteiger partial charge in [-0.25, -0.2) is 4.98 Å². The first-order valence-electron chi connectivity index (χ1n) is 7.38. The maximum absolute atomic E-state index is 5.77. The molecule has 3 aromatic rings. The van der Waals surface area contributed by atoms with Gasteiger partial charge in [0.2, 0.25) is 0 Å². The van der Waals surface area contributed by atoms with Crippen molar-refractivity contribution in [3.63, 3.8) is 0 Å². The topological polar surface area (TPSA) is 52.0 Å². The highest BCUT2D eigenvalue weighted by Crippen LogP contribution is 2.18. The van der Waals surface area contributed by atoms with E-state index in [0.29, 0.717) is 6.54 Å². The molecule has 0 bridgehead atoms. The van der Waals surface area contributed by atoms with Crippen LogP contribution in [0.2, 0.25) is 0 Å². The van der Waals surface area contributed by atoms with Gasteiger partial charge in [0.15, 0.2) is 11.5 Å². The summed E-state index contributed by atoms with van der Waals surface area (Å²) in [6.07, 6.45) is 2.95. The lowest BCUT2D eigenvalue weighted by Crippen LogP contribution is -1.95. The van der Waals surface area contributed by atoms with E-state index >= 15 is 0 Å². The molecule has 0 aliphatic heterocycles. The van der Waals surface area contributed by atoms with Crippen LogP contribution in [0, 0.1) is 6.92 Å². The Bertz CT molecular complexity index is 729. The minimum Gasteiger partial charge on any atom is -0.441 e. The van der Waals surface area contributed by atoms with Crippen molar-refractivity contribution in [3.05, 3.63) is 65.0 Å². The fourth-order valence-electron chi connectivity index (χ4n) is 2.45. The lowest BCUT2D eigenvalue weighted by atomic mass is 10.1. The van der Waals surface area contributed by atoms with E-state index in [1.807, 2.05) is 18.2 Å². The second kappa shape index (κ2) is 6.10. The van der Waals surface area contributed by atoms with Crippen LogP contribution in [0.5, 0.6) is 0 Å². The molecule has 0 aliphatic rings. The molecular formula is C18H20N2O. The zero-order valence-electron chi connectivity index (χ0n) is 12.3. The molecule has 0 spiro atoms. The van der Waals surface area contributed by atoms with E-state index in [1.165, 1.54) is 11.1 Å². The van der Waals surface area contributed by atoms with E-state index in [0.717, 1.165) is 41.8 Å². The standard InChI is InChI=1S/C18H20N2O/c1-13-5-7-14(8-6-13)3-2-4-18-20-16-11-15(12-19)9-10-17(16)21-18/h5-11H,2-4,12,19H2,1H3. The van der Waals surface area contributed by atoms with Crippen LogP contribution in [0.15, 0.2) is 46.9 Å². The van der Waals surface area contributed by atoms with Gasteiger partial charge >= 0.3 is 0 Å². The predicted octanol–water partition coefficient (Wildman–Crippen LogP) is 3.77. The Morgan fingerprint density at radius 2 is 1.76 bits per heavy atom. The van der Waals surface area contributed by atoms with Crippen molar-refractivity contribution in [2.45, 2.75) is 32.7 Å². The first-order valence-corrected chi connectivity index (χ1v) is 7.38. The molecule has 3 rings (SSSR count). The molecule has 3 heteroatoms. The van der Waals surface area contributed by atoms with Crippen LogP contribution in [-0.2, 0) is 19.4 Å². The molecule has 2 N–H and O–H groups in total. The van der Waals surface area contributed by atoms with Crippen molar-refractivity contribution in [1.29, 1.82) is 0 Å². The molecule has 0 atom stereocenters. The van der Waals surface area contributed by atoms with Gasteiger partial charge in [-0.1, -0.05) is 35.9 Å². The number of nitrogens with zero attached hydrogens (tertiary/aromatic N) is 1. The summed E-state index contributed by atoms with van der Waals surface area (Å²) in [5, 5.41) is 0. The Labute approximate surface area is 124 Å². The largest absolute Gasteiger partial charge is 0.441 e. The zero-order valence-corrected chi connectivity index (χ0v) is 12.3. The van der Waals surface area contributed by atoms with Gasteiger partial charge < -0.3 is 10.2 Å². The molecule has 0 fully saturated rings. The Morgan fingerprint density at radius 1 is 1.00 bits per heavy atom. The number of hydrogen-bond acceptors (Lipinski definition) is 3. The smallest absolute Gasteiger partial charge is 0.195 e. The van der Waals surface area contributed by atoms with E-state index in [2.05, 4.69) is 36.2 Å². The van der Waals surface area contributed by atoms with E-state index in [4.69, 9.17) is 10.2 Å². The van der Waals surface area contributed by atoms with Gasteiger partial charge in [-0.2, -0.15) is 0 Å². The van der Waals surface area contributed by atoms with Gasteiger partial charge in [-0.15, -0.1) is 0 Å². The lowest BCUT2D eigenvalue weighted by molar-refractivity contribution is 0.519. The van der Waals surface area contributed by atoms with Crippen LogP contribution in [0.1, 0.15) is 29.0 Å². The molecule has 108 valence electrons. The number of oxazole rings is 1. The van der Waals surface area contributed by atoms with Crippen LogP contribution in [0.25, 0.3) is 11.1 Å². The quantitative estimate of drug-likeness (QED) is 0.774. The van der Waals surface area contributed by atoms with E-state index in [1.54, 1.807) is 0 Å². The third-order valence-corrected chi connectivity index (χ3v) is 3.71. The average Bonchev–Trinajstić information content (AvgIpc) is 2.91. The molecule has 1 aromatic heterocycles. The van der Waals surface area contributed by atoms with Crippen LogP contribution in [-0.4, -0.2) is 4.98 Å². The molecular weight excluding hydrogens is 260 g/mol. The summed E-state index contributed by atoms with van der Waals surface area (Å²) >= 11 is 0. The highest BCUT2D eigenvalue weighted by Gasteiger charge is 2.06. The van der Waals surface area contributed by atoms with Crippen molar-refractivity contribution in [1.82, 2.24) is 4.98 Å². The molecule has 1 heterocycles. The normalized spacial score (nSPS) is 11.1. The van der Waals surface area contributed by atoms with Crippen LogP contribution in [0.4, 0.5) is 0 Å². The molecule has 2 aromatic carbocycles. The fourth-order valence-corrected chi connectivity index (χ4v) is 2.45. The first kappa shape index (κ1) is 13.8. The van der Waals surface area contributed by atoms with E-state index < -0.39 is 0 Å². The zero-order chi connectivity index (χ0) is 14.7. The monoisotopic (exact) mass is 280 g/mol. The second-order valence-electron chi connectivity index (χ2n) is 5.45. The number of fused-ring (bicyclic) bond motifs is 1. The van der Waals surface area contributed by atoms with Crippen molar-refractivity contribution < 1.29 is 4.42 Å². The summed E-state index contributed by atoms with van der Waals surface area (Å²) in [6.45, 7) is 2.64. The van der Waals surface area contributed by atoms with Gasteiger partial charge in [0.1, 0.15) is 5.52 Å². The van der Waals surface area contributed by atoms with Crippen molar-refractivity contribution in [3.8, 4) is 0 Å². The molecule has 21 heavy (non-hydrogen) atoms. The predicted molar refractivity (Wildman–Crippen MR) is 85.1 cm³/mol. The Morgan fingerprint density at radius 3 is 2.52 bits per heavy atom. The molecule has 0 radical (unpaired) electrons. The maximum Gasteiger partial charge on any atom is 0.195 e. The average molecular weight is 280 g/mol. The highest BCUT2D eigenvalue weighted by molar-refractivity contribution is 5.73. The number of hydrogen-bond donors (Lipinski definition) is 1. The van der Waals surface area contributed by atoms with E-state index in [-0.39, 0.29) is 0 Å². The summed E-state index contributed by atoms with van der Waals surface area (Å²) < 4.78 is 5.77. The number of aryl methyl sites for hydroxylation is 3. The van der Waals surface area contributed by atoms with Crippen molar-refractivity contribution in [2.24, 2.45) is 5.73 Å². The van der Waals surface area contributed by atoms with E-state index in [9.17, 15) is 0 Å². The van der Waals surface area contributed by atoms with Crippen molar-refractivity contribution in [2.75, 3.05) is 0 Å². The fraction of sp³-hybridized carbons (Fsp3) is 0.278. The van der Waals surface area contributed by atoms with Crippen LogP contribution >= 0.6 is 0 Å². The summed E-state index contributed by atoms with van der Waals surface area (Å²) in [7, 11) is 0. The van der Waals surface area contributed by atoms with Gasteiger partial charge in [0.25, 0.3) is 0 Å². The first-order chi connectivity index (χ1) is 10.2. The summed E-state index contributed by atoms with van der Waals surface area (Å²) in [5.74, 6) is 0.811. The summed E-state index contributed by atoms with van der Waals surface area (Å²) in [5.41, 5.74) is 11.1. The number of aromatic nitrogens is 1. The number of benzene rings is 2. The minimum absolute atomic E-state index is 0.533. The number of rotatable bonds is 5. The summed E-state index contributed by atoms with van der Waals surface area (Å²) in [4.78, 5) is 4.54. The summed E-state index contributed by atoms with van der Waals surface area (Å²) in [6, 6.07) is 14.6. The Balaban J connectivity index is 1.63. The second-order valence-corrected chi connectivity index (χ2v) is 5.45. The van der Waals surface area contributed by atoms with Crippen molar-refractivity contribution >= 4 is 11.1 Å². The third-order valence-electron chi connectivity index (χ3n) is 3.71. The lowest BCUT2D eigenvalue weighted by Gasteiger charge is -2.00. The van der Waals surface area contributed by atoms with Gasteiger partial charge in [-0.05, 0) is 43.0 Å².